The molecule has 5 nitrogen and oxygen atoms in total. The van der Waals surface area contributed by atoms with Gasteiger partial charge in [-0.1, -0.05) is 11.6 Å². The van der Waals surface area contributed by atoms with Crippen LogP contribution < -0.4 is 10.6 Å². The predicted molar refractivity (Wildman–Crippen MR) is 76.4 cm³/mol. The van der Waals surface area contributed by atoms with Gasteiger partial charge < -0.3 is 10.6 Å². The lowest BCUT2D eigenvalue weighted by Crippen LogP contribution is -2.55. The molecule has 1 aliphatic rings. The Bertz CT molecular complexity index is 444. The summed E-state index contributed by atoms with van der Waals surface area (Å²) in [4.78, 5) is 18.1. The first kappa shape index (κ1) is 14.2. The van der Waals surface area contributed by atoms with Crippen LogP contribution in [0.1, 0.15) is 13.8 Å². The van der Waals surface area contributed by atoms with Crippen molar-refractivity contribution in [3.05, 3.63) is 23.5 Å². The molecule has 1 aliphatic heterocycles. The largest absolute Gasteiger partial charge is 0.322 e. The van der Waals surface area contributed by atoms with E-state index in [9.17, 15) is 4.79 Å². The van der Waals surface area contributed by atoms with E-state index in [-0.39, 0.29) is 5.91 Å². The van der Waals surface area contributed by atoms with Crippen molar-refractivity contribution >= 4 is 23.2 Å². The predicted octanol–water partition coefficient (Wildman–Crippen LogP) is 1.36. The highest BCUT2D eigenvalue weighted by molar-refractivity contribution is 6.32. The molecule has 0 aromatic carbocycles. The van der Waals surface area contributed by atoms with Gasteiger partial charge >= 0.3 is 0 Å². The molecule has 0 radical (unpaired) electrons. The summed E-state index contributed by atoms with van der Waals surface area (Å²) in [6, 6.07) is 4.30. The monoisotopic (exact) mass is 282 g/mol. The summed E-state index contributed by atoms with van der Waals surface area (Å²) < 4.78 is 0. The van der Waals surface area contributed by atoms with Gasteiger partial charge in [0.15, 0.2) is 5.15 Å². The Hall–Kier alpha value is -1.17. The zero-order valence-electron chi connectivity index (χ0n) is 11.2. The minimum Gasteiger partial charge on any atom is -0.322 e. The molecule has 6 heteroatoms. The van der Waals surface area contributed by atoms with Crippen molar-refractivity contribution in [1.29, 1.82) is 0 Å². The average Bonchev–Trinajstić information content (AvgIpc) is 2.30. The molecule has 2 heterocycles. The molecule has 0 bridgehead atoms. The van der Waals surface area contributed by atoms with Crippen LogP contribution in [0.25, 0.3) is 0 Å². The second-order valence-corrected chi connectivity index (χ2v) is 5.41. The zero-order chi connectivity index (χ0) is 13.8. The van der Waals surface area contributed by atoms with Crippen molar-refractivity contribution in [2.45, 2.75) is 25.9 Å². The fourth-order valence-corrected chi connectivity index (χ4v) is 2.61. The van der Waals surface area contributed by atoms with E-state index in [0.717, 1.165) is 13.1 Å². The van der Waals surface area contributed by atoms with Crippen LogP contribution in [-0.2, 0) is 4.79 Å². The van der Waals surface area contributed by atoms with Gasteiger partial charge in [-0.2, -0.15) is 0 Å². The number of nitrogens with zero attached hydrogens (tertiary/aromatic N) is 2. The van der Waals surface area contributed by atoms with E-state index < -0.39 is 0 Å². The van der Waals surface area contributed by atoms with Crippen LogP contribution in [0.15, 0.2) is 18.3 Å². The Balaban J connectivity index is 1.89. The van der Waals surface area contributed by atoms with Crippen molar-refractivity contribution in [3.8, 4) is 0 Å². The fraction of sp³-hybridized carbons (Fsp3) is 0.538. The molecule has 1 amide bonds. The molecule has 0 aliphatic carbocycles. The Morgan fingerprint density at radius 1 is 1.53 bits per heavy atom. The van der Waals surface area contributed by atoms with Crippen LogP contribution in [0.3, 0.4) is 0 Å². The van der Waals surface area contributed by atoms with Gasteiger partial charge in [-0.3, -0.25) is 9.69 Å². The van der Waals surface area contributed by atoms with E-state index in [1.54, 1.807) is 18.3 Å². The Kier molecular flexibility index (Phi) is 4.74. The van der Waals surface area contributed by atoms with Crippen LogP contribution >= 0.6 is 11.6 Å². The van der Waals surface area contributed by atoms with E-state index in [1.165, 1.54) is 0 Å². The normalized spacial score (nSPS) is 24.2. The van der Waals surface area contributed by atoms with Gasteiger partial charge in [0.2, 0.25) is 5.91 Å². The fourth-order valence-electron chi connectivity index (χ4n) is 2.44. The first-order valence-electron chi connectivity index (χ1n) is 6.43. The second kappa shape index (κ2) is 6.32. The lowest BCUT2D eigenvalue weighted by molar-refractivity contribution is -0.117. The highest BCUT2D eigenvalue weighted by atomic mass is 35.5. The van der Waals surface area contributed by atoms with Crippen molar-refractivity contribution < 1.29 is 4.79 Å². The number of pyridine rings is 1. The summed E-state index contributed by atoms with van der Waals surface area (Å²) in [5, 5.41) is 6.55. The van der Waals surface area contributed by atoms with Crippen molar-refractivity contribution in [2.75, 3.05) is 25.0 Å². The van der Waals surface area contributed by atoms with Crippen LogP contribution in [-0.4, -0.2) is 47.5 Å². The standard InChI is InChI=1S/C13H19ClN4O/c1-9-6-18(7-10(2)16-9)8-12(19)17-11-4-3-5-15-13(11)14/h3-5,9-10,16H,6-8H2,1-2H3,(H,17,19). The molecule has 1 aromatic heterocycles. The lowest BCUT2D eigenvalue weighted by atomic mass is 10.1. The van der Waals surface area contributed by atoms with E-state index in [0.29, 0.717) is 29.5 Å². The molecular weight excluding hydrogens is 264 g/mol. The van der Waals surface area contributed by atoms with Crippen molar-refractivity contribution in [1.82, 2.24) is 15.2 Å². The van der Waals surface area contributed by atoms with E-state index in [1.807, 2.05) is 0 Å². The van der Waals surface area contributed by atoms with Gasteiger partial charge in [0, 0.05) is 31.4 Å². The van der Waals surface area contributed by atoms with Gasteiger partial charge in [-0.25, -0.2) is 4.98 Å². The maximum absolute atomic E-state index is 12.0. The molecule has 1 saturated heterocycles. The van der Waals surface area contributed by atoms with Gasteiger partial charge in [-0.15, -0.1) is 0 Å². The van der Waals surface area contributed by atoms with Crippen molar-refractivity contribution in [3.63, 3.8) is 0 Å². The molecule has 2 N–H and O–H groups in total. The van der Waals surface area contributed by atoms with Crippen LogP contribution in [0.4, 0.5) is 5.69 Å². The Morgan fingerprint density at radius 3 is 2.84 bits per heavy atom. The molecule has 0 spiro atoms. The van der Waals surface area contributed by atoms with Crippen LogP contribution in [0, 0.1) is 0 Å². The number of piperazine rings is 1. The molecule has 2 unspecified atom stereocenters. The topological polar surface area (TPSA) is 57.3 Å². The number of hydrogen-bond donors (Lipinski definition) is 2. The number of rotatable bonds is 3. The summed E-state index contributed by atoms with van der Waals surface area (Å²) in [6.07, 6.45) is 1.59. The average molecular weight is 283 g/mol. The third-order valence-electron chi connectivity index (χ3n) is 3.03. The van der Waals surface area contributed by atoms with Gasteiger partial charge in [0.1, 0.15) is 0 Å². The maximum atomic E-state index is 12.0. The number of amides is 1. The third kappa shape index (κ3) is 4.16. The number of nitrogens with one attached hydrogen (secondary N) is 2. The number of carbonyl (C=O) groups excluding carboxylic acids is 1. The quantitative estimate of drug-likeness (QED) is 0.822. The van der Waals surface area contributed by atoms with Crippen LogP contribution in [0.2, 0.25) is 5.15 Å². The zero-order valence-corrected chi connectivity index (χ0v) is 11.9. The summed E-state index contributed by atoms with van der Waals surface area (Å²) in [7, 11) is 0. The number of anilines is 1. The molecule has 2 rings (SSSR count). The molecule has 0 saturated carbocycles. The van der Waals surface area contributed by atoms with Crippen molar-refractivity contribution in [2.24, 2.45) is 0 Å². The Morgan fingerprint density at radius 2 is 2.21 bits per heavy atom. The minimum absolute atomic E-state index is 0.0591. The van der Waals surface area contributed by atoms with Gasteiger partial charge in [0.05, 0.1) is 12.2 Å². The lowest BCUT2D eigenvalue weighted by Gasteiger charge is -2.35. The molecule has 1 aromatic rings. The first-order valence-corrected chi connectivity index (χ1v) is 6.81. The third-order valence-corrected chi connectivity index (χ3v) is 3.33. The molecule has 2 atom stereocenters. The number of carbonyl (C=O) groups is 1. The smallest absolute Gasteiger partial charge is 0.238 e. The number of halogens is 1. The summed E-state index contributed by atoms with van der Waals surface area (Å²) >= 11 is 5.91. The minimum atomic E-state index is -0.0591. The molecule has 104 valence electrons. The van der Waals surface area contributed by atoms with E-state index in [4.69, 9.17) is 11.6 Å². The highest BCUT2D eigenvalue weighted by Gasteiger charge is 2.22. The summed E-state index contributed by atoms with van der Waals surface area (Å²) in [6.45, 7) is 6.37. The molecular formula is C13H19ClN4O. The maximum Gasteiger partial charge on any atom is 0.238 e. The number of aromatic nitrogens is 1. The van der Waals surface area contributed by atoms with E-state index >= 15 is 0 Å². The molecule has 1 fully saturated rings. The summed E-state index contributed by atoms with van der Waals surface area (Å²) in [5.41, 5.74) is 0.561. The van der Waals surface area contributed by atoms with E-state index in [2.05, 4.69) is 34.4 Å². The SMILES string of the molecule is CC1CN(CC(=O)Nc2cccnc2Cl)CC(C)N1. The van der Waals surface area contributed by atoms with Gasteiger partial charge in [0.25, 0.3) is 0 Å². The molecule has 19 heavy (non-hydrogen) atoms. The second-order valence-electron chi connectivity index (χ2n) is 5.05. The van der Waals surface area contributed by atoms with Crippen LogP contribution in [0.5, 0.6) is 0 Å². The first-order chi connectivity index (χ1) is 9.04. The Labute approximate surface area is 118 Å². The number of hydrogen-bond acceptors (Lipinski definition) is 4. The highest BCUT2D eigenvalue weighted by Crippen LogP contribution is 2.17. The van der Waals surface area contributed by atoms with Gasteiger partial charge in [-0.05, 0) is 26.0 Å². The summed E-state index contributed by atoms with van der Waals surface area (Å²) in [5.74, 6) is -0.0591.